The van der Waals surface area contributed by atoms with Gasteiger partial charge in [-0.1, -0.05) is 6.92 Å². The van der Waals surface area contributed by atoms with Crippen molar-refractivity contribution in [2.24, 2.45) is 0 Å². The van der Waals surface area contributed by atoms with E-state index in [4.69, 9.17) is 0 Å². The average molecular weight is 332 g/mol. The molecule has 0 radical (unpaired) electrons. The Labute approximate surface area is 128 Å². The highest BCUT2D eigenvalue weighted by Crippen LogP contribution is 2.23. The standard InChI is InChI=1S/C13H18FN3O4S/c1-2-5-15-6-8-16(9-7-15)22(20,21)11-3-4-12(14)13(10-11)17(18)19/h3-4,10H,2,5-9H2,1H3/p+1. The van der Waals surface area contributed by atoms with Gasteiger partial charge in [0.25, 0.3) is 0 Å². The van der Waals surface area contributed by atoms with Gasteiger partial charge in [-0.25, -0.2) is 8.42 Å². The summed E-state index contributed by atoms with van der Waals surface area (Å²) in [6, 6.07) is 2.68. The quantitative estimate of drug-likeness (QED) is 0.609. The van der Waals surface area contributed by atoms with Crippen LogP contribution in [0.15, 0.2) is 23.1 Å². The number of rotatable bonds is 5. The molecule has 22 heavy (non-hydrogen) atoms. The van der Waals surface area contributed by atoms with E-state index in [1.807, 2.05) is 0 Å². The van der Waals surface area contributed by atoms with Crippen LogP contribution >= 0.6 is 0 Å². The summed E-state index contributed by atoms with van der Waals surface area (Å²) in [4.78, 5) is 10.9. The number of quaternary nitrogens is 1. The minimum Gasteiger partial charge on any atom is -0.333 e. The van der Waals surface area contributed by atoms with Gasteiger partial charge in [0.1, 0.15) is 0 Å². The Hall–Kier alpha value is -1.58. The summed E-state index contributed by atoms with van der Waals surface area (Å²) in [5.74, 6) is -1.04. The van der Waals surface area contributed by atoms with Gasteiger partial charge in [0, 0.05) is 6.07 Å². The zero-order chi connectivity index (χ0) is 16.3. The fourth-order valence-electron chi connectivity index (χ4n) is 2.59. The number of hydrogen-bond acceptors (Lipinski definition) is 4. The lowest BCUT2D eigenvalue weighted by Crippen LogP contribution is -3.14. The van der Waals surface area contributed by atoms with Crippen LogP contribution in [-0.4, -0.2) is 50.4 Å². The largest absolute Gasteiger partial charge is 0.333 e. The van der Waals surface area contributed by atoms with E-state index in [1.165, 1.54) is 9.21 Å². The van der Waals surface area contributed by atoms with Crippen LogP contribution in [0.5, 0.6) is 0 Å². The molecule has 0 amide bonds. The van der Waals surface area contributed by atoms with Crippen LogP contribution in [0, 0.1) is 15.9 Å². The Morgan fingerprint density at radius 3 is 2.55 bits per heavy atom. The van der Waals surface area contributed by atoms with E-state index in [-0.39, 0.29) is 4.90 Å². The average Bonchev–Trinajstić information content (AvgIpc) is 2.48. The summed E-state index contributed by atoms with van der Waals surface area (Å²) in [5.41, 5.74) is -0.823. The number of halogens is 1. The van der Waals surface area contributed by atoms with Crippen molar-refractivity contribution in [3.63, 3.8) is 0 Å². The zero-order valence-corrected chi connectivity index (χ0v) is 13.1. The van der Waals surface area contributed by atoms with Crippen LogP contribution in [0.1, 0.15) is 13.3 Å². The summed E-state index contributed by atoms with van der Waals surface area (Å²) >= 11 is 0. The monoisotopic (exact) mass is 332 g/mol. The van der Waals surface area contributed by atoms with Crippen molar-refractivity contribution in [2.45, 2.75) is 18.2 Å². The van der Waals surface area contributed by atoms with Gasteiger partial charge in [0.2, 0.25) is 15.8 Å². The first-order valence-corrected chi connectivity index (χ1v) is 8.58. The molecule has 1 aromatic rings. The highest BCUT2D eigenvalue weighted by molar-refractivity contribution is 7.89. The Morgan fingerprint density at radius 1 is 1.36 bits per heavy atom. The second-order valence-electron chi connectivity index (χ2n) is 5.27. The van der Waals surface area contributed by atoms with Crippen LogP contribution in [0.2, 0.25) is 0 Å². The summed E-state index contributed by atoms with van der Waals surface area (Å²) in [7, 11) is -3.82. The number of nitrogens with zero attached hydrogens (tertiary/aromatic N) is 2. The Kier molecular flexibility index (Phi) is 5.09. The van der Waals surface area contributed by atoms with Crippen molar-refractivity contribution in [2.75, 3.05) is 32.7 Å². The Morgan fingerprint density at radius 2 is 2.00 bits per heavy atom. The number of hydrogen-bond donors (Lipinski definition) is 1. The van der Waals surface area contributed by atoms with Gasteiger partial charge in [0.15, 0.2) is 0 Å². The molecule has 1 saturated heterocycles. The molecule has 0 unspecified atom stereocenters. The van der Waals surface area contributed by atoms with E-state index in [0.717, 1.165) is 31.2 Å². The first-order chi connectivity index (χ1) is 10.4. The van der Waals surface area contributed by atoms with Crippen molar-refractivity contribution in [1.82, 2.24) is 4.31 Å². The van der Waals surface area contributed by atoms with Crippen molar-refractivity contribution >= 4 is 15.7 Å². The predicted octanol–water partition coefficient (Wildman–Crippen LogP) is 0.0331. The molecule has 1 N–H and O–H groups in total. The number of benzene rings is 1. The molecular weight excluding hydrogens is 313 g/mol. The van der Waals surface area contributed by atoms with E-state index >= 15 is 0 Å². The van der Waals surface area contributed by atoms with Gasteiger partial charge >= 0.3 is 5.69 Å². The van der Waals surface area contributed by atoms with Gasteiger partial charge in [0.05, 0.1) is 42.5 Å². The van der Waals surface area contributed by atoms with Crippen LogP contribution in [-0.2, 0) is 10.0 Å². The van der Waals surface area contributed by atoms with Crippen molar-refractivity contribution in [3.8, 4) is 0 Å². The molecule has 1 aliphatic rings. The number of piperazine rings is 1. The van der Waals surface area contributed by atoms with Gasteiger partial charge < -0.3 is 4.90 Å². The maximum absolute atomic E-state index is 13.3. The molecule has 1 fully saturated rings. The number of sulfonamides is 1. The first-order valence-electron chi connectivity index (χ1n) is 7.14. The Bertz CT molecular complexity index is 657. The topological polar surface area (TPSA) is 85.0 Å². The summed E-state index contributed by atoms with van der Waals surface area (Å²) < 4.78 is 39.7. The third-order valence-corrected chi connectivity index (χ3v) is 5.68. The lowest BCUT2D eigenvalue weighted by molar-refractivity contribution is -0.903. The molecule has 0 aromatic heterocycles. The number of nitro groups is 1. The third kappa shape index (κ3) is 3.42. The summed E-state index contributed by atoms with van der Waals surface area (Å²) in [6.07, 6.45) is 1.03. The van der Waals surface area contributed by atoms with Crippen LogP contribution in [0.3, 0.4) is 0 Å². The van der Waals surface area contributed by atoms with E-state index in [2.05, 4.69) is 6.92 Å². The van der Waals surface area contributed by atoms with E-state index in [9.17, 15) is 22.9 Å². The predicted molar refractivity (Wildman–Crippen MR) is 77.7 cm³/mol. The minimum absolute atomic E-state index is 0.237. The van der Waals surface area contributed by atoms with E-state index in [0.29, 0.717) is 26.2 Å². The van der Waals surface area contributed by atoms with Gasteiger partial charge in [-0.3, -0.25) is 10.1 Å². The maximum Gasteiger partial charge on any atom is 0.306 e. The van der Waals surface area contributed by atoms with E-state index in [1.54, 1.807) is 0 Å². The second kappa shape index (κ2) is 6.67. The molecule has 0 spiro atoms. The fourth-order valence-corrected chi connectivity index (χ4v) is 4.05. The lowest BCUT2D eigenvalue weighted by Gasteiger charge is -2.31. The SMILES string of the molecule is CCC[NH+]1CCN(S(=O)(=O)c2ccc(F)c([N+](=O)[O-])c2)CC1. The highest BCUT2D eigenvalue weighted by Gasteiger charge is 2.31. The smallest absolute Gasteiger partial charge is 0.306 e. The van der Waals surface area contributed by atoms with Crippen molar-refractivity contribution in [1.29, 1.82) is 0 Å². The molecule has 0 atom stereocenters. The van der Waals surface area contributed by atoms with Gasteiger partial charge in [-0.05, 0) is 18.6 Å². The fraction of sp³-hybridized carbons (Fsp3) is 0.538. The number of nitrogens with one attached hydrogen (secondary N) is 1. The highest BCUT2D eigenvalue weighted by atomic mass is 32.2. The van der Waals surface area contributed by atoms with Gasteiger partial charge in [-0.2, -0.15) is 8.70 Å². The second-order valence-corrected chi connectivity index (χ2v) is 7.21. The Balaban J connectivity index is 2.21. The van der Waals surface area contributed by atoms with Gasteiger partial charge in [-0.15, -0.1) is 0 Å². The third-order valence-electron chi connectivity index (χ3n) is 3.79. The molecule has 7 nitrogen and oxygen atoms in total. The molecule has 1 heterocycles. The van der Waals surface area contributed by atoms with Crippen LogP contribution in [0.4, 0.5) is 10.1 Å². The zero-order valence-electron chi connectivity index (χ0n) is 12.3. The van der Waals surface area contributed by atoms with Crippen molar-refractivity contribution < 1.29 is 22.6 Å². The molecular formula is C13H19FN3O4S+. The maximum atomic E-state index is 13.3. The van der Waals surface area contributed by atoms with Crippen LogP contribution < -0.4 is 4.90 Å². The summed E-state index contributed by atoms with van der Waals surface area (Å²) in [5, 5.41) is 10.7. The van der Waals surface area contributed by atoms with Crippen LogP contribution in [0.25, 0.3) is 0 Å². The summed E-state index contributed by atoms with van der Waals surface area (Å²) in [6.45, 7) is 5.21. The molecule has 0 aliphatic carbocycles. The molecule has 1 aromatic carbocycles. The molecule has 2 rings (SSSR count). The first kappa shape index (κ1) is 16.8. The molecule has 9 heteroatoms. The molecule has 0 bridgehead atoms. The minimum atomic E-state index is -3.82. The molecule has 0 saturated carbocycles. The van der Waals surface area contributed by atoms with E-state index < -0.39 is 26.5 Å². The lowest BCUT2D eigenvalue weighted by atomic mass is 10.3. The molecule has 1 aliphatic heterocycles. The normalized spacial score (nSPS) is 17.5. The van der Waals surface area contributed by atoms with Crippen molar-refractivity contribution in [3.05, 3.63) is 34.1 Å². The molecule has 122 valence electrons. The number of nitro benzene ring substituents is 1.